The molecular formula is C17H30N4. The summed E-state index contributed by atoms with van der Waals surface area (Å²) in [5, 5.41) is 3.79. The highest BCUT2D eigenvalue weighted by molar-refractivity contribution is 5.14. The Morgan fingerprint density at radius 2 is 1.90 bits per heavy atom. The van der Waals surface area contributed by atoms with Gasteiger partial charge < -0.3 is 9.88 Å². The second-order valence-corrected chi connectivity index (χ2v) is 6.57. The molecule has 1 N–H and O–H groups in total. The lowest BCUT2D eigenvalue weighted by Crippen LogP contribution is -2.54. The maximum atomic E-state index is 4.74. The number of hydrogen-bond donors (Lipinski definition) is 1. The Morgan fingerprint density at radius 3 is 2.52 bits per heavy atom. The van der Waals surface area contributed by atoms with Crippen LogP contribution in [0.1, 0.15) is 64.2 Å². The number of likely N-dealkylation sites (tertiary alicyclic amines) is 1. The van der Waals surface area contributed by atoms with Gasteiger partial charge >= 0.3 is 0 Å². The molecule has 1 aliphatic heterocycles. The van der Waals surface area contributed by atoms with Crippen LogP contribution in [0.3, 0.4) is 0 Å². The number of aromatic nitrogens is 2. The van der Waals surface area contributed by atoms with Gasteiger partial charge in [0.15, 0.2) is 0 Å². The Morgan fingerprint density at radius 1 is 1.19 bits per heavy atom. The van der Waals surface area contributed by atoms with E-state index in [1.54, 1.807) is 0 Å². The minimum Gasteiger partial charge on any atom is -0.334 e. The third-order valence-electron chi connectivity index (χ3n) is 5.50. The third kappa shape index (κ3) is 2.64. The highest BCUT2D eigenvalue weighted by Gasteiger charge is 2.48. The molecule has 2 heterocycles. The van der Waals surface area contributed by atoms with Crippen LogP contribution in [0.2, 0.25) is 0 Å². The standard InChI is InChI=1S/C17H30N4/c1-3-18-15(16-19-11-14-20(16)4-2)17(9-5-6-10-17)21-12-7-8-13-21/h11,14-15,18H,3-10,12-13H2,1-2H3. The van der Waals surface area contributed by atoms with E-state index in [4.69, 9.17) is 4.98 Å². The van der Waals surface area contributed by atoms with Crippen molar-refractivity contribution >= 4 is 0 Å². The summed E-state index contributed by atoms with van der Waals surface area (Å²) in [5.41, 5.74) is 0.296. The number of hydrogen-bond acceptors (Lipinski definition) is 3. The SMILES string of the molecule is CCNC(c1nccn1CC)C1(N2CCCC2)CCCC1. The average Bonchev–Trinajstić information content (AvgIpc) is 3.24. The lowest BCUT2D eigenvalue weighted by atomic mass is 9.85. The maximum absolute atomic E-state index is 4.74. The van der Waals surface area contributed by atoms with Crippen molar-refractivity contribution in [1.29, 1.82) is 0 Å². The molecule has 2 fully saturated rings. The Balaban J connectivity index is 1.96. The number of nitrogens with one attached hydrogen (secondary N) is 1. The summed E-state index contributed by atoms with van der Waals surface area (Å²) in [5.74, 6) is 1.24. The van der Waals surface area contributed by atoms with Gasteiger partial charge in [-0.25, -0.2) is 4.98 Å². The highest BCUT2D eigenvalue weighted by atomic mass is 15.3. The quantitative estimate of drug-likeness (QED) is 0.874. The highest BCUT2D eigenvalue weighted by Crippen LogP contribution is 2.45. The van der Waals surface area contributed by atoms with Crippen molar-refractivity contribution in [2.45, 2.75) is 70.5 Å². The topological polar surface area (TPSA) is 33.1 Å². The zero-order valence-corrected chi connectivity index (χ0v) is 13.6. The largest absolute Gasteiger partial charge is 0.334 e. The first-order chi connectivity index (χ1) is 10.3. The van der Waals surface area contributed by atoms with E-state index in [0.717, 1.165) is 13.1 Å². The second-order valence-electron chi connectivity index (χ2n) is 6.57. The first-order valence-corrected chi connectivity index (χ1v) is 8.81. The summed E-state index contributed by atoms with van der Waals surface area (Å²) in [7, 11) is 0. The van der Waals surface area contributed by atoms with E-state index in [1.807, 2.05) is 6.20 Å². The molecular weight excluding hydrogens is 260 g/mol. The van der Waals surface area contributed by atoms with Crippen molar-refractivity contribution in [2.24, 2.45) is 0 Å². The molecule has 4 heteroatoms. The fraction of sp³-hybridized carbons (Fsp3) is 0.824. The average molecular weight is 290 g/mol. The van der Waals surface area contributed by atoms with Crippen molar-refractivity contribution in [3.05, 3.63) is 18.2 Å². The van der Waals surface area contributed by atoms with E-state index in [2.05, 4.69) is 34.8 Å². The van der Waals surface area contributed by atoms with Gasteiger partial charge in [-0.15, -0.1) is 0 Å². The first kappa shape index (κ1) is 15.0. The fourth-order valence-corrected chi connectivity index (χ4v) is 4.51. The van der Waals surface area contributed by atoms with Crippen LogP contribution < -0.4 is 5.32 Å². The Hall–Kier alpha value is -0.870. The summed E-state index contributed by atoms with van der Waals surface area (Å²) < 4.78 is 2.32. The molecule has 21 heavy (non-hydrogen) atoms. The molecule has 2 aliphatic rings. The molecule has 1 aliphatic carbocycles. The van der Waals surface area contributed by atoms with E-state index in [9.17, 15) is 0 Å². The number of aryl methyl sites for hydroxylation is 1. The maximum Gasteiger partial charge on any atom is 0.127 e. The minimum absolute atomic E-state index is 0.296. The van der Waals surface area contributed by atoms with E-state index >= 15 is 0 Å². The Labute approximate surface area is 128 Å². The van der Waals surface area contributed by atoms with Crippen molar-refractivity contribution in [2.75, 3.05) is 19.6 Å². The summed E-state index contributed by atoms with van der Waals surface area (Å²) in [6.45, 7) is 9.00. The van der Waals surface area contributed by atoms with Gasteiger partial charge in [0.2, 0.25) is 0 Å². The van der Waals surface area contributed by atoms with Crippen molar-refractivity contribution in [1.82, 2.24) is 19.8 Å². The molecule has 0 bridgehead atoms. The minimum atomic E-state index is 0.296. The van der Waals surface area contributed by atoms with Gasteiger partial charge in [0, 0.05) is 24.5 Å². The first-order valence-electron chi connectivity index (χ1n) is 8.81. The van der Waals surface area contributed by atoms with Crippen LogP contribution in [-0.4, -0.2) is 39.6 Å². The van der Waals surface area contributed by atoms with Crippen LogP contribution in [0.25, 0.3) is 0 Å². The van der Waals surface area contributed by atoms with Crippen LogP contribution >= 0.6 is 0 Å². The monoisotopic (exact) mass is 290 g/mol. The van der Waals surface area contributed by atoms with Gasteiger partial charge in [0.25, 0.3) is 0 Å². The van der Waals surface area contributed by atoms with Gasteiger partial charge in [-0.2, -0.15) is 0 Å². The molecule has 3 rings (SSSR count). The predicted molar refractivity (Wildman–Crippen MR) is 86.3 cm³/mol. The Bertz CT molecular complexity index is 441. The molecule has 0 spiro atoms. The lowest BCUT2D eigenvalue weighted by Gasteiger charge is -2.45. The third-order valence-corrected chi connectivity index (χ3v) is 5.50. The van der Waals surface area contributed by atoms with Gasteiger partial charge in [-0.05, 0) is 52.2 Å². The molecule has 0 amide bonds. The molecule has 0 radical (unpaired) electrons. The summed E-state index contributed by atoms with van der Waals surface area (Å²) in [6.07, 6.45) is 12.2. The molecule has 4 nitrogen and oxygen atoms in total. The van der Waals surface area contributed by atoms with Crippen LogP contribution in [0.4, 0.5) is 0 Å². The zero-order chi connectivity index (χ0) is 14.7. The molecule has 1 unspecified atom stereocenters. The molecule has 1 saturated heterocycles. The summed E-state index contributed by atoms with van der Waals surface area (Å²) in [6, 6.07) is 0.373. The van der Waals surface area contributed by atoms with E-state index in [-0.39, 0.29) is 0 Å². The number of rotatable bonds is 6. The molecule has 118 valence electrons. The van der Waals surface area contributed by atoms with Gasteiger partial charge in [0.05, 0.1) is 6.04 Å². The fourth-order valence-electron chi connectivity index (χ4n) is 4.51. The lowest BCUT2D eigenvalue weighted by molar-refractivity contribution is 0.0721. The van der Waals surface area contributed by atoms with Crippen molar-refractivity contribution in [3.63, 3.8) is 0 Å². The van der Waals surface area contributed by atoms with Crippen LogP contribution in [0, 0.1) is 0 Å². The normalized spacial score (nSPS) is 23.7. The number of nitrogens with zero attached hydrogens (tertiary/aromatic N) is 3. The summed E-state index contributed by atoms with van der Waals surface area (Å²) in [4.78, 5) is 7.52. The smallest absolute Gasteiger partial charge is 0.127 e. The molecule has 1 aromatic heterocycles. The van der Waals surface area contributed by atoms with Crippen LogP contribution in [0.15, 0.2) is 12.4 Å². The van der Waals surface area contributed by atoms with Gasteiger partial charge in [-0.1, -0.05) is 19.8 Å². The van der Waals surface area contributed by atoms with E-state index < -0.39 is 0 Å². The molecule has 0 aromatic carbocycles. The predicted octanol–water partition coefficient (Wildman–Crippen LogP) is 2.96. The molecule has 1 aromatic rings. The molecule has 1 saturated carbocycles. The number of likely N-dealkylation sites (N-methyl/N-ethyl adjacent to an activating group) is 1. The van der Waals surface area contributed by atoms with Gasteiger partial charge in [-0.3, -0.25) is 4.90 Å². The van der Waals surface area contributed by atoms with Crippen molar-refractivity contribution in [3.8, 4) is 0 Å². The Kier molecular flexibility index (Phi) is 4.65. The van der Waals surface area contributed by atoms with Crippen LogP contribution in [0.5, 0.6) is 0 Å². The number of imidazole rings is 1. The van der Waals surface area contributed by atoms with E-state index in [0.29, 0.717) is 11.6 Å². The zero-order valence-electron chi connectivity index (χ0n) is 13.6. The molecule has 1 atom stereocenters. The van der Waals surface area contributed by atoms with Crippen molar-refractivity contribution < 1.29 is 0 Å². The van der Waals surface area contributed by atoms with Gasteiger partial charge in [0.1, 0.15) is 5.82 Å². The second kappa shape index (κ2) is 6.49. The summed E-state index contributed by atoms with van der Waals surface area (Å²) >= 11 is 0. The van der Waals surface area contributed by atoms with Crippen LogP contribution in [-0.2, 0) is 6.54 Å². The van der Waals surface area contributed by atoms with E-state index in [1.165, 1.54) is 57.4 Å².